The lowest BCUT2D eigenvalue weighted by atomic mass is 9.77. The summed E-state index contributed by atoms with van der Waals surface area (Å²) in [6.07, 6.45) is 5.00. The fourth-order valence-electron chi connectivity index (χ4n) is 3.36. The molecule has 0 aromatic heterocycles. The highest BCUT2D eigenvalue weighted by Crippen LogP contribution is 2.33. The lowest BCUT2D eigenvalue weighted by Crippen LogP contribution is -2.61. The van der Waals surface area contributed by atoms with Crippen LogP contribution in [0.4, 0.5) is 0 Å². The molecule has 1 unspecified atom stereocenters. The van der Waals surface area contributed by atoms with Crippen LogP contribution in [-0.4, -0.2) is 37.2 Å². The zero-order chi connectivity index (χ0) is 15.7. The number of piperidine rings is 1. The zero-order valence-corrected chi connectivity index (χ0v) is 13.9. The molecule has 122 valence electrons. The second kappa shape index (κ2) is 6.22. The third-order valence-electron chi connectivity index (χ3n) is 4.93. The van der Waals surface area contributed by atoms with E-state index in [1.54, 1.807) is 0 Å². The van der Waals surface area contributed by atoms with Gasteiger partial charge in [0.15, 0.2) is 0 Å². The van der Waals surface area contributed by atoms with Crippen molar-refractivity contribution >= 4 is 16.0 Å². The number of nitrogens with zero attached hydrogens (tertiary/aromatic N) is 1. The first kappa shape index (κ1) is 16.7. The first-order chi connectivity index (χ1) is 9.75. The maximum Gasteiger partial charge on any atom is 0.280 e. The summed E-state index contributed by atoms with van der Waals surface area (Å²) < 4.78 is 29.6. The molecule has 0 aromatic rings. The Bertz CT molecular complexity index is 483. The predicted octanol–water partition coefficient (Wildman–Crippen LogP) is 1.44. The smallest absolute Gasteiger partial charge is 0.280 e. The Hall–Kier alpha value is -0.660. The molecule has 0 radical (unpaired) electrons. The Kier molecular flexibility index (Phi) is 4.95. The molecular formula is C14H28N4O2S. The minimum absolute atomic E-state index is 0.0527. The van der Waals surface area contributed by atoms with Crippen LogP contribution in [0.15, 0.2) is 0 Å². The fraction of sp³-hybridized carbons (Fsp3) is 0.929. The quantitative estimate of drug-likeness (QED) is 0.540. The molecule has 1 aliphatic carbocycles. The van der Waals surface area contributed by atoms with Gasteiger partial charge in [-0.25, -0.2) is 0 Å². The molecule has 6 nitrogen and oxygen atoms in total. The van der Waals surface area contributed by atoms with Crippen molar-refractivity contribution in [2.24, 2.45) is 17.6 Å². The van der Waals surface area contributed by atoms with Gasteiger partial charge in [0, 0.05) is 13.1 Å². The minimum Gasteiger partial charge on any atom is -0.386 e. The summed E-state index contributed by atoms with van der Waals surface area (Å²) in [5.74, 6) is 0.898. The molecule has 0 spiro atoms. The Morgan fingerprint density at radius 3 is 2.38 bits per heavy atom. The average Bonchev–Trinajstić information content (AvgIpc) is 2.41. The third kappa shape index (κ3) is 3.76. The molecule has 2 rings (SSSR count). The molecule has 1 saturated carbocycles. The van der Waals surface area contributed by atoms with Crippen LogP contribution in [0.3, 0.4) is 0 Å². The summed E-state index contributed by atoms with van der Waals surface area (Å²) in [5.41, 5.74) is 4.87. The average molecular weight is 316 g/mol. The Morgan fingerprint density at radius 2 is 1.86 bits per heavy atom. The molecular weight excluding hydrogens is 288 g/mol. The number of rotatable bonds is 4. The Balaban J connectivity index is 2.14. The number of amidine groups is 1. The molecule has 1 saturated heterocycles. The second-order valence-corrected chi connectivity index (χ2v) is 8.56. The van der Waals surface area contributed by atoms with E-state index in [4.69, 9.17) is 11.1 Å². The van der Waals surface area contributed by atoms with Gasteiger partial charge in [-0.15, -0.1) is 0 Å². The van der Waals surface area contributed by atoms with Crippen LogP contribution in [0.25, 0.3) is 0 Å². The summed E-state index contributed by atoms with van der Waals surface area (Å²) >= 11 is 0. The molecule has 0 amide bonds. The summed E-state index contributed by atoms with van der Waals surface area (Å²) in [4.78, 5) is 0. The monoisotopic (exact) mass is 316 g/mol. The van der Waals surface area contributed by atoms with E-state index in [9.17, 15) is 8.42 Å². The van der Waals surface area contributed by atoms with Crippen LogP contribution in [0.1, 0.15) is 52.4 Å². The summed E-state index contributed by atoms with van der Waals surface area (Å²) in [7, 11) is -3.57. The maximum atomic E-state index is 12.7. The maximum absolute atomic E-state index is 12.7. The van der Waals surface area contributed by atoms with Crippen LogP contribution in [0.2, 0.25) is 0 Å². The van der Waals surface area contributed by atoms with Gasteiger partial charge in [-0.3, -0.25) is 5.41 Å². The topological polar surface area (TPSA) is 99.3 Å². The largest absolute Gasteiger partial charge is 0.386 e. The molecule has 0 bridgehead atoms. The SMILES string of the molecule is CC1CCC(NS(=O)(=O)N2CCCC(C)C2)(C(=N)N)CC1. The van der Waals surface area contributed by atoms with Gasteiger partial charge in [0.2, 0.25) is 0 Å². The summed E-state index contributed by atoms with van der Waals surface area (Å²) in [6.45, 7) is 5.35. The first-order valence-corrected chi connectivity index (χ1v) is 9.33. The van der Waals surface area contributed by atoms with Crippen LogP contribution in [0.5, 0.6) is 0 Å². The van der Waals surface area contributed by atoms with E-state index in [0.29, 0.717) is 37.8 Å². The summed E-state index contributed by atoms with van der Waals surface area (Å²) in [6, 6.07) is 0. The molecule has 7 heteroatoms. The number of nitrogens with one attached hydrogen (secondary N) is 2. The molecule has 1 atom stereocenters. The van der Waals surface area contributed by atoms with Crippen molar-refractivity contribution in [3.63, 3.8) is 0 Å². The van der Waals surface area contributed by atoms with E-state index in [1.807, 2.05) is 0 Å². The van der Waals surface area contributed by atoms with Crippen molar-refractivity contribution in [3.05, 3.63) is 0 Å². The molecule has 2 fully saturated rings. The Morgan fingerprint density at radius 1 is 1.24 bits per heavy atom. The van der Waals surface area contributed by atoms with Gasteiger partial charge in [-0.05, 0) is 50.4 Å². The number of nitrogens with two attached hydrogens (primary N) is 1. The van der Waals surface area contributed by atoms with Crippen molar-refractivity contribution in [1.29, 1.82) is 5.41 Å². The van der Waals surface area contributed by atoms with Gasteiger partial charge < -0.3 is 5.73 Å². The minimum atomic E-state index is -3.57. The lowest BCUT2D eigenvalue weighted by Gasteiger charge is -2.41. The molecule has 21 heavy (non-hydrogen) atoms. The zero-order valence-electron chi connectivity index (χ0n) is 13.1. The fourth-order valence-corrected chi connectivity index (χ4v) is 5.11. The normalized spacial score (nSPS) is 35.5. The molecule has 0 aromatic carbocycles. The van der Waals surface area contributed by atoms with Crippen molar-refractivity contribution in [1.82, 2.24) is 9.03 Å². The van der Waals surface area contributed by atoms with E-state index >= 15 is 0 Å². The molecule has 2 aliphatic rings. The van der Waals surface area contributed by atoms with Crippen LogP contribution < -0.4 is 10.5 Å². The number of hydrogen-bond acceptors (Lipinski definition) is 3. The molecule has 1 aliphatic heterocycles. The van der Waals surface area contributed by atoms with E-state index in [-0.39, 0.29) is 5.84 Å². The van der Waals surface area contributed by atoms with E-state index in [0.717, 1.165) is 25.7 Å². The highest BCUT2D eigenvalue weighted by Gasteiger charge is 2.42. The van der Waals surface area contributed by atoms with Gasteiger partial charge >= 0.3 is 0 Å². The van der Waals surface area contributed by atoms with Crippen LogP contribution in [-0.2, 0) is 10.2 Å². The van der Waals surface area contributed by atoms with Gasteiger partial charge in [0.25, 0.3) is 10.2 Å². The number of hydrogen-bond donors (Lipinski definition) is 3. The van der Waals surface area contributed by atoms with Gasteiger partial charge in [0.05, 0.1) is 5.54 Å². The molecule has 1 heterocycles. The van der Waals surface area contributed by atoms with Gasteiger partial charge in [-0.1, -0.05) is 13.8 Å². The van der Waals surface area contributed by atoms with Crippen LogP contribution in [0, 0.1) is 17.2 Å². The Labute approximate surface area is 128 Å². The van der Waals surface area contributed by atoms with Crippen molar-refractivity contribution in [3.8, 4) is 0 Å². The van der Waals surface area contributed by atoms with E-state index < -0.39 is 15.7 Å². The van der Waals surface area contributed by atoms with Gasteiger partial charge in [0.1, 0.15) is 5.84 Å². The first-order valence-electron chi connectivity index (χ1n) is 7.89. The third-order valence-corrected chi connectivity index (χ3v) is 6.59. The van der Waals surface area contributed by atoms with Crippen molar-refractivity contribution in [2.75, 3.05) is 13.1 Å². The van der Waals surface area contributed by atoms with E-state index in [2.05, 4.69) is 18.6 Å². The van der Waals surface area contributed by atoms with Gasteiger partial charge in [-0.2, -0.15) is 17.4 Å². The van der Waals surface area contributed by atoms with E-state index in [1.165, 1.54) is 4.31 Å². The van der Waals surface area contributed by atoms with Crippen molar-refractivity contribution < 1.29 is 8.42 Å². The predicted molar refractivity (Wildman–Crippen MR) is 84.3 cm³/mol. The highest BCUT2D eigenvalue weighted by molar-refractivity contribution is 7.87. The lowest BCUT2D eigenvalue weighted by molar-refractivity contribution is 0.256. The molecule has 4 N–H and O–H groups in total. The van der Waals surface area contributed by atoms with Crippen molar-refractivity contribution in [2.45, 2.75) is 57.9 Å². The van der Waals surface area contributed by atoms with Crippen LogP contribution >= 0.6 is 0 Å². The standard InChI is InChI=1S/C14H28N4O2S/c1-11-5-7-14(8-6-11,13(15)16)17-21(19,20)18-9-3-4-12(2)10-18/h11-12,17H,3-10H2,1-2H3,(H3,15,16). The summed E-state index contributed by atoms with van der Waals surface area (Å²) in [5, 5.41) is 7.87. The second-order valence-electron chi connectivity index (χ2n) is 6.89. The highest BCUT2D eigenvalue weighted by atomic mass is 32.2.